The van der Waals surface area contributed by atoms with E-state index < -0.39 is 0 Å². The van der Waals surface area contributed by atoms with Crippen LogP contribution < -0.4 is 5.32 Å². The third-order valence-corrected chi connectivity index (χ3v) is 4.40. The minimum absolute atomic E-state index is 0.186. The van der Waals surface area contributed by atoms with E-state index in [2.05, 4.69) is 43.6 Å². The zero-order valence-corrected chi connectivity index (χ0v) is 12.1. The summed E-state index contributed by atoms with van der Waals surface area (Å²) in [6.07, 6.45) is 2.67. The summed E-state index contributed by atoms with van der Waals surface area (Å²) in [7, 11) is 0. The molecule has 0 saturated heterocycles. The second kappa shape index (κ2) is 5.72. The Morgan fingerprint density at radius 2 is 2.17 bits per heavy atom. The Morgan fingerprint density at radius 3 is 2.78 bits per heavy atom. The van der Waals surface area contributed by atoms with Crippen LogP contribution in [0.15, 0.2) is 40.3 Å². The van der Waals surface area contributed by atoms with Crippen LogP contribution in [-0.4, -0.2) is 12.6 Å². The molecule has 98 valence electrons. The summed E-state index contributed by atoms with van der Waals surface area (Å²) in [5.41, 5.74) is 0.186. The number of hydrogen-bond donors (Lipinski definition) is 1. The molecule has 0 spiro atoms. The summed E-state index contributed by atoms with van der Waals surface area (Å²) < 4.78 is 5.37. The first-order valence-corrected chi connectivity index (χ1v) is 7.25. The van der Waals surface area contributed by atoms with Gasteiger partial charge >= 0.3 is 0 Å². The standard InChI is InChI=1S/C15H21NOS/c1-12(10-13-6-4-8-17-13)16-11-15(2,3)14-7-5-9-18-14/h4-9,12,16H,10-11H2,1-3H3. The van der Waals surface area contributed by atoms with Gasteiger partial charge < -0.3 is 9.73 Å². The molecule has 2 rings (SSSR count). The average Bonchev–Trinajstić information content (AvgIpc) is 2.99. The molecule has 1 N–H and O–H groups in total. The van der Waals surface area contributed by atoms with Gasteiger partial charge in [-0.05, 0) is 30.5 Å². The SMILES string of the molecule is CC(Cc1ccco1)NCC(C)(C)c1cccs1. The van der Waals surface area contributed by atoms with Crippen molar-refractivity contribution in [3.63, 3.8) is 0 Å². The summed E-state index contributed by atoms with van der Waals surface area (Å²) >= 11 is 1.83. The number of thiophene rings is 1. The normalized spacial score (nSPS) is 13.7. The number of hydrogen-bond acceptors (Lipinski definition) is 3. The monoisotopic (exact) mass is 263 g/mol. The maximum atomic E-state index is 5.37. The summed E-state index contributed by atoms with van der Waals surface area (Å²) in [5, 5.41) is 5.74. The summed E-state index contributed by atoms with van der Waals surface area (Å²) in [5.74, 6) is 1.05. The lowest BCUT2D eigenvalue weighted by molar-refractivity contribution is 0.409. The third-order valence-electron chi connectivity index (χ3n) is 3.17. The molecule has 0 aliphatic rings. The molecule has 1 unspecified atom stereocenters. The molecule has 0 radical (unpaired) electrons. The van der Waals surface area contributed by atoms with Gasteiger partial charge in [-0.2, -0.15) is 0 Å². The van der Waals surface area contributed by atoms with Gasteiger partial charge in [0, 0.05) is 29.3 Å². The highest BCUT2D eigenvalue weighted by Crippen LogP contribution is 2.26. The highest BCUT2D eigenvalue weighted by molar-refractivity contribution is 7.10. The number of nitrogens with one attached hydrogen (secondary N) is 1. The van der Waals surface area contributed by atoms with Gasteiger partial charge in [-0.25, -0.2) is 0 Å². The molecule has 0 saturated carbocycles. The van der Waals surface area contributed by atoms with E-state index in [1.54, 1.807) is 6.26 Å². The first-order chi connectivity index (χ1) is 8.58. The van der Waals surface area contributed by atoms with Crippen molar-refractivity contribution in [2.24, 2.45) is 0 Å². The molecule has 0 aromatic carbocycles. The third kappa shape index (κ3) is 3.47. The molecule has 0 aliphatic heterocycles. The Morgan fingerprint density at radius 1 is 1.33 bits per heavy atom. The van der Waals surface area contributed by atoms with E-state index in [9.17, 15) is 0 Å². The molecule has 3 heteroatoms. The quantitative estimate of drug-likeness (QED) is 0.856. The molecule has 0 fully saturated rings. The Kier molecular flexibility index (Phi) is 4.25. The fraction of sp³-hybridized carbons (Fsp3) is 0.467. The van der Waals surface area contributed by atoms with Gasteiger partial charge in [0.1, 0.15) is 5.76 Å². The van der Waals surface area contributed by atoms with Crippen LogP contribution in [0.1, 0.15) is 31.4 Å². The van der Waals surface area contributed by atoms with Crippen molar-refractivity contribution in [2.45, 2.75) is 38.6 Å². The number of furan rings is 1. The number of rotatable bonds is 6. The maximum Gasteiger partial charge on any atom is 0.105 e. The van der Waals surface area contributed by atoms with E-state index in [1.165, 1.54) is 4.88 Å². The fourth-order valence-electron chi connectivity index (χ4n) is 1.98. The molecule has 0 aliphatic carbocycles. The van der Waals surface area contributed by atoms with E-state index in [4.69, 9.17) is 4.42 Å². The molecular weight excluding hydrogens is 242 g/mol. The average molecular weight is 263 g/mol. The fourth-order valence-corrected chi connectivity index (χ4v) is 2.83. The zero-order valence-electron chi connectivity index (χ0n) is 11.3. The van der Waals surface area contributed by atoms with E-state index in [-0.39, 0.29) is 5.41 Å². The van der Waals surface area contributed by atoms with Crippen molar-refractivity contribution < 1.29 is 4.42 Å². The summed E-state index contributed by atoms with van der Waals surface area (Å²) in [6.45, 7) is 7.75. The smallest absolute Gasteiger partial charge is 0.105 e. The van der Waals surface area contributed by atoms with Crippen LogP contribution in [0.5, 0.6) is 0 Å². The van der Waals surface area contributed by atoms with Crippen molar-refractivity contribution in [3.8, 4) is 0 Å². The first kappa shape index (κ1) is 13.4. The summed E-state index contributed by atoms with van der Waals surface area (Å²) in [4.78, 5) is 1.43. The van der Waals surface area contributed by atoms with Gasteiger partial charge in [0.25, 0.3) is 0 Å². The Hall–Kier alpha value is -1.06. The Labute approximate surface area is 113 Å². The van der Waals surface area contributed by atoms with Crippen LogP contribution in [-0.2, 0) is 11.8 Å². The van der Waals surface area contributed by atoms with Crippen molar-refractivity contribution in [1.29, 1.82) is 0 Å². The molecule has 2 aromatic rings. The van der Waals surface area contributed by atoms with Gasteiger partial charge in [-0.3, -0.25) is 0 Å². The van der Waals surface area contributed by atoms with Crippen LogP contribution in [0.25, 0.3) is 0 Å². The maximum absolute atomic E-state index is 5.37. The lowest BCUT2D eigenvalue weighted by Crippen LogP contribution is -2.38. The predicted molar refractivity (Wildman–Crippen MR) is 77.2 cm³/mol. The Bertz CT molecular complexity index is 445. The predicted octanol–water partition coefficient (Wildman–Crippen LogP) is 3.84. The van der Waals surface area contributed by atoms with Crippen molar-refractivity contribution in [2.75, 3.05) is 6.54 Å². The largest absolute Gasteiger partial charge is 0.469 e. The van der Waals surface area contributed by atoms with Crippen molar-refractivity contribution in [3.05, 3.63) is 46.5 Å². The van der Waals surface area contributed by atoms with Crippen molar-refractivity contribution in [1.82, 2.24) is 5.32 Å². The van der Waals surface area contributed by atoms with Gasteiger partial charge in [0.15, 0.2) is 0 Å². The molecule has 2 aromatic heterocycles. The minimum Gasteiger partial charge on any atom is -0.469 e. The molecule has 0 bridgehead atoms. The molecule has 2 nitrogen and oxygen atoms in total. The van der Waals surface area contributed by atoms with Gasteiger partial charge in [0.2, 0.25) is 0 Å². The summed E-state index contributed by atoms with van der Waals surface area (Å²) in [6, 6.07) is 8.73. The van der Waals surface area contributed by atoms with Gasteiger partial charge in [0.05, 0.1) is 6.26 Å². The van der Waals surface area contributed by atoms with Gasteiger partial charge in [-0.15, -0.1) is 11.3 Å². The van der Waals surface area contributed by atoms with Gasteiger partial charge in [-0.1, -0.05) is 19.9 Å². The van der Waals surface area contributed by atoms with Crippen LogP contribution in [0.2, 0.25) is 0 Å². The lowest BCUT2D eigenvalue weighted by Gasteiger charge is -2.26. The Balaban J connectivity index is 1.84. The second-order valence-electron chi connectivity index (χ2n) is 5.43. The van der Waals surface area contributed by atoms with E-state index in [0.29, 0.717) is 6.04 Å². The zero-order chi connectivity index (χ0) is 13.0. The topological polar surface area (TPSA) is 25.2 Å². The van der Waals surface area contributed by atoms with Crippen LogP contribution >= 0.6 is 11.3 Å². The van der Waals surface area contributed by atoms with Crippen LogP contribution in [0, 0.1) is 0 Å². The minimum atomic E-state index is 0.186. The lowest BCUT2D eigenvalue weighted by atomic mass is 9.91. The molecule has 0 amide bonds. The van der Waals surface area contributed by atoms with Crippen LogP contribution in [0.4, 0.5) is 0 Å². The van der Waals surface area contributed by atoms with E-state index in [0.717, 1.165) is 18.7 Å². The van der Waals surface area contributed by atoms with E-state index >= 15 is 0 Å². The van der Waals surface area contributed by atoms with E-state index in [1.807, 2.05) is 23.5 Å². The molecule has 1 atom stereocenters. The van der Waals surface area contributed by atoms with Crippen molar-refractivity contribution >= 4 is 11.3 Å². The molecule has 18 heavy (non-hydrogen) atoms. The molecular formula is C15H21NOS. The second-order valence-corrected chi connectivity index (χ2v) is 6.37. The van der Waals surface area contributed by atoms with Crippen LogP contribution in [0.3, 0.4) is 0 Å². The highest BCUT2D eigenvalue weighted by atomic mass is 32.1. The first-order valence-electron chi connectivity index (χ1n) is 6.38. The highest BCUT2D eigenvalue weighted by Gasteiger charge is 2.22. The molecule has 2 heterocycles.